The van der Waals surface area contributed by atoms with Crippen molar-refractivity contribution in [3.63, 3.8) is 0 Å². The molecule has 0 radical (unpaired) electrons. The Balaban J connectivity index is 1.80. The van der Waals surface area contributed by atoms with Crippen molar-refractivity contribution < 1.29 is 22.7 Å². The smallest absolute Gasteiger partial charge is 0.327 e. The number of carbonyl (C=O) groups is 2. The van der Waals surface area contributed by atoms with E-state index in [0.717, 1.165) is 4.31 Å². The van der Waals surface area contributed by atoms with E-state index in [0.29, 0.717) is 22.3 Å². The van der Waals surface area contributed by atoms with Gasteiger partial charge in [0, 0.05) is 40.4 Å². The summed E-state index contributed by atoms with van der Waals surface area (Å²) in [6.07, 6.45) is 3.29. The minimum atomic E-state index is -4.28. The first kappa shape index (κ1) is 28.4. The summed E-state index contributed by atoms with van der Waals surface area (Å²) in [7, 11) is -2.74. The van der Waals surface area contributed by atoms with Crippen molar-refractivity contribution in [2.24, 2.45) is 0 Å². The summed E-state index contributed by atoms with van der Waals surface area (Å²) in [4.78, 5) is 29.1. The SMILES string of the molecule is CNC(=O)c1ccnc(-n2ccc3cc(N(CC(=O)OC(C)(C)C)S(=O)(=O)c4cc(Cl)cc(Cl)c4)ccc32)c1. The van der Waals surface area contributed by atoms with E-state index in [1.807, 2.05) is 0 Å². The molecule has 1 N–H and O–H groups in total. The lowest BCUT2D eigenvalue weighted by Crippen LogP contribution is -2.39. The molecular formula is C27H26Cl2N4O5S. The van der Waals surface area contributed by atoms with Crippen LogP contribution in [0.3, 0.4) is 0 Å². The van der Waals surface area contributed by atoms with E-state index >= 15 is 0 Å². The van der Waals surface area contributed by atoms with Gasteiger partial charge in [-0.2, -0.15) is 0 Å². The van der Waals surface area contributed by atoms with Crippen LogP contribution in [0.5, 0.6) is 0 Å². The average molecular weight is 590 g/mol. The maximum atomic E-state index is 13.8. The number of benzene rings is 2. The molecule has 4 rings (SSSR count). The normalized spacial score (nSPS) is 11.8. The van der Waals surface area contributed by atoms with Crippen LogP contribution in [-0.2, 0) is 19.6 Å². The molecule has 12 heteroatoms. The molecule has 9 nitrogen and oxygen atoms in total. The zero-order chi connectivity index (χ0) is 28.5. The van der Waals surface area contributed by atoms with Gasteiger partial charge in [0.1, 0.15) is 18.0 Å². The van der Waals surface area contributed by atoms with Gasteiger partial charge in [-0.3, -0.25) is 13.9 Å². The van der Waals surface area contributed by atoms with E-state index < -0.39 is 28.1 Å². The number of pyridine rings is 1. The van der Waals surface area contributed by atoms with Crippen LogP contribution in [0.1, 0.15) is 31.1 Å². The Labute approximate surface area is 236 Å². The molecule has 0 atom stereocenters. The largest absolute Gasteiger partial charge is 0.459 e. The molecule has 2 aromatic carbocycles. The number of sulfonamides is 1. The number of amides is 1. The number of ether oxygens (including phenoxy) is 1. The van der Waals surface area contributed by atoms with Crippen molar-refractivity contribution in [3.05, 3.63) is 82.6 Å². The fraction of sp³-hybridized carbons (Fsp3) is 0.222. The molecule has 39 heavy (non-hydrogen) atoms. The fourth-order valence-electron chi connectivity index (χ4n) is 3.93. The second kappa shape index (κ2) is 10.9. The van der Waals surface area contributed by atoms with Gasteiger partial charge in [0.15, 0.2) is 0 Å². The van der Waals surface area contributed by atoms with E-state index in [4.69, 9.17) is 27.9 Å². The maximum Gasteiger partial charge on any atom is 0.327 e. The standard InChI is InChI=1S/C27H26Cl2N4O5S/c1-27(2,3)38-25(34)16-33(39(36,37)22-14-19(28)13-20(29)15-22)21-5-6-23-17(11-21)8-10-32(23)24-12-18(7-9-31-24)26(35)30-4/h5-15H,16H2,1-4H3,(H,30,35). The molecule has 1 amide bonds. The summed E-state index contributed by atoms with van der Waals surface area (Å²) in [6, 6.07) is 13.9. The number of halogens is 2. The van der Waals surface area contributed by atoms with Crippen molar-refractivity contribution >= 4 is 61.7 Å². The van der Waals surface area contributed by atoms with Crippen molar-refractivity contribution in [3.8, 4) is 5.82 Å². The number of nitrogens with zero attached hydrogens (tertiary/aromatic N) is 3. The lowest BCUT2D eigenvalue weighted by atomic mass is 10.2. The minimum absolute atomic E-state index is 0.136. The third kappa shape index (κ3) is 6.35. The Hall–Kier alpha value is -3.60. The van der Waals surface area contributed by atoms with Gasteiger partial charge >= 0.3 is 5.97 Å². The first-order valence-corrected chi connectivity index (χ1v) is 14.0. The molecular weight excluding hydrogens is 563 g/mol. The van der Waals surface area contributed by atoms with E-state index in [2.05, 4.69) is 10.3 Å². The molecule has 0 aliphatic carbocycles. The third-order valence-electron chi connectivity index (χ3n) is 5.56. The number of nitrogens with one attached hydrogen (secondary N) is 1. The van der Waals surface area contributed by atoms with Crippen LogP contribution in [0.2, 0.25) is 10.0 Å². The number of anilines is 1. The van der Waals surface area contributed by atoms with Crippen LogP contribution in [-0.4, -0.2) is 49.0 Å². The first-order chi connectivity index (χ1) is 18.3. The molecule has 0 aliphatic heterocycles. The summed E-state index contributed by atoms with van der Waals surface area (Å²) in [5.41, 5.74) is 0.564. The van der Waals surface area contributed by atoms with Crippen LogP contribution in [0.4, 0.5) is 5.69 Å². The molecule has 0 aliphatic rings. The van der Waals surface area contributed by atoms with Gasteiger partial charge in [0.25, 0.3) is 15.9 Å². The lowest BCUT2D eigenvalue weighted by molar-refractivity contribution is -0.152. The van der Waals surface area contributed by atoms with Crippen LogP contribution < -0.4 is 9.62 Å². The zero-order valence-corrected chi connectivity index (χ0v) is 23.9. The number of hydrogen-bond acceptors (Lipinski definition) is 6. The summed E-state index contributed by atoms with van der Waals surface area (Å²) in [5.74, 6) is -0.473. The summed E-state index contributed by atoms with van der Waals surface area (Å²) in [6.45, 7) is 4.51. The molecule has 0 spiro atoms. The number of rotatable bonds is 7. The Morgan fingerprint density at radius 1 is 1.03 bits per heavy atom. The van der Waals surface area contributed by atoms with E-state index in [1.54, 1.807) is 75.0 Å². The Morgan fingerprint density at radius 3 is 2.36 bits per heavy atom. The monoisotopic (exact) mass is 588 g/mol. The average Bonchev–Trinajstić information content (AvgIpc) is 3.28. The van der Waals surface area contributed by atoms with Crippen molar-refractivity contribution in [2.45, 2.75) is 31.3 Å². The number of esters is 1. The van der Waals surface area contributed by atoms with Crippen molar-refractivity contribution in [2.75, 3.05) is 17.9 Å². The van der Waals surface area contributed by atoms with Gasteiger partial charge in [-0.15, -0.1) is 0 Å². The summed E-state index contributed by atoms with van der Waals surface area (Å²) >= 11 is 12.2. The first-order valence-electron chi connectivity index (χ1n) is 11.8. The number of fused-ring (bicyclic) bond motifs is 1. The summed E-state index contributed by atoms with van der Waals surface area (Å²) in [5, 5.41) is 3.53. The van der Waals surface area contributed by atoms with Gasteiger partial charge in [0.2, 0.25) is 0 Å². The zero-order valence-electron chi connectivity index (χ0n) is 21.6. The molecule has 204 valence electrons. The predicted octanol–water partition coefficient (Wildman–Crippen LogP) is 5.23. The van der Waals surface area contributed by atoms with Crippen molar-refractivity contribution in [1.82, 2.24) is 14.9 Å². The third-order valence-corrected chi connectivity index (χ3v) is 7.75. The molecule has 0 fully saturated rings. The van der Waals surface area contributed by atoms with E-state index in [1.165, 1.54) is 24.4 Å². The highest BCUT2D eigenvalue weighted by Crippen LogP contribution is 2.31. The van der Waals surface area contributed by atoms with Gasteiger partial charge in [0.05, 0.1) is 16.1 Å². The van der Waals surface area contributed by atoms with E-state index in [-0.39, 0.29) is 26.5 Å². The molecule has 0 bridgehead atoms. The van der Waals surface area contributed by atoms with Gasteiger partial charge in [-0.25, -0.2) is 13.4 Å². The Bertz CT molecular complexity index is 1660. The number of aromatic nitrogens is 2. The molecule has 0 unspecified atom stereocenters. The minimum Gasteiger partial charge on any atom is -0.459 e. The van der Waals surface area contributed by atoms with Crippen LogP contribution in [0.15, 0.2) is 71.9 Å². The van der Waals surface area contributed by atoms with Gasteiger partial charge in [-0.1, -0.05) is 23.2 Å². The predicted molar refractivity (Wildman–Crippen MR) is 151 cm³/mol. The molecule has 2 heterocycles. The van der Waals surface area contributed by atoms with Gasteiger partial charge in [-0.05, 0) is 75.4 Å². The molecule has 0 saturated heterocycles. The Morgan fingerprint density at radius 2 is 1.72 bits per heavy atom. The second-order valence-electron chi connectivity index (χ2n) is 9.61. The van der Waals surface area contributed by atoms with Crippen LogP contribution in [0, 0.1) is 0 Å². The second-order valence-corrected chi connectivity index (χ2v) is 12.3. The topological polar surface area (TPSA) is 111 Å². The highest BCUT2D eigenvalue weighted by atomic mass is 35.5. The summed E-state index contributed by atoms with van der Waals surface area (Å²) < 4.78 is 35.7. The van der Waals surface area contributed by atoms with Crippen LogP contribution >= 0.6 is 23.2 Å². The van der Waals surface area contributed by atoms with Crippen molar-refractivity contribution in [1.29, 1.82) is 0 Å². The number of hydrogen-bond donors (Lipinski definition) is 1. The van der Waals surface area contributed by atoms with Crippen LogP contribution in [0.25, 0.3) is 16.7 Å². The quantitative estimate of drug-likeness (QED) is 0.296. The lowest BCUT2D eigenvalue weighted by Gasteiger charge is -2.26. The maximum absolute atomic E-state index is 13.8. The number of carbonyl (C=O) groups excluding carboxylic acids is 2. The highest BCUT2D eigenvalue weighted by Gasteiger charge is 2.30. The van der Waals surface area contributed by atoms with E-state index in [9.17, 15) is 18.0 Å². The fourth-order valence-corrected chi connectivity index (χ4v) is 6.06. The highest BCUT2D eigenvalue weighted by molar-refractivity contribution is 7.92. The van der Waals surface area contributed by atoms with Gasteiger partial charge < -0.3 is 14.6 Å². The molecule has 4 aromatic rings. The molecule has 0 saturated carbocycles. The Kier molecular flexibility index (Phi) is 7.92. The molecule has 2 aromatic heterocycles.